The number of aliphatic hydroxyl groups is 1. The van der Waals surface area contributed by atoms with Gasteiger partial charge in [-0.3, -0.25) is 4.52 Å². The molecule has 0 aromatic rings. The Morgan fingerprint density at radius 1 is 0.897 bits per heavy atom. The summed E-state index contributed by atoms with van der Waals surface area (Å²) in [6.45, 7) is 1.18. The van der Waals surface area contributed by atoms with Crippen LogP contribution in [0.2, 0.25) is 0 Å². The predicted octanol–water partition coefficient (Wildman–Crippen LogP) is 4.37. The summed E-state index contributed by atoms with van der Waals surface area (Å²) in [5, 5.41) is 9.37. The van der Waals surface area contributed by atoms with Gasteiger partial charge >= 0.3 is 13.8 Å². The third-order valence-corrected chi connectivity index (χ3v) is 4.24. The zero-order valence-electron chi connectivity index (χ0n) is 17.2. The molecule has 0 spiro atoms. The maximum absolute atomic E-state index is 11.4. The van der Waals surface area contributed by atoms with Crippen LogP contribution in [0.25, 0.3) is 0 Å². The molecule has 0 aliphatic rings. The first-order valence-corrected chi connectivity index (χ1v) is 11.6. The zero-order chi connectivity index (χ0) is 21.8. The number of rotatable bonds is 17. The van der Waals surface area contributed by atoms with Crippen molar-refractivity contribution in [2.24, 2.45) is 0 Å². The van der Waals surface area contributed by atoms with Crippen LogP contribution in [0.5, 0.6) is 0 Å². The lowest BCUT2D eigenvalue weighted by Gasteiger charge is -2.11. The van der Waals surface area contributed by atoms with E-state index in [0.29, 0.717) is 0 Å². The summed E-state index contributed by atoms with van der Waals surface area (Å²) in [7, 11) is -4.65. The Labute approximate surface area is 174 Å². The first kappa shape index (κ1) is 27.5. The molecule has 0 aliphatic carbocycles. The topological polar surface area (TPSA) is 113 Å². The van der Waals surface area contributed by atoms with Crippen LogP contribution in [0, 0.1) is 0 Å². The fraction of sp³-hybridized carbons (Fsp3) is 0.571. The van der Waals surface area contributed by atoms with Gasteiger partial charge in [-0.15, -0.1) is 0 Å². The molecule has 0 saturated carbocycles. The predicted molar refractivity (Wildman–Crippen MR) is 114 cm³/mol. The minimum atomic E-state index is -4.65. The Morgan fingerprint density at radius 3 is 2.14 bits per heavy atom. The molecule has 29 heavy (non-hydrogen) atoms. The number of hydrogen-bond acceptors (Lipinski definition) is 5. The van der Waals surface area contributed by atoms with E-state index in [4.69, 9.17) is 14.5 Å². The van der Waals surface area contributed by atoms with Gasteiger partial charge in [0.15, 0.2) is 0 Å². The van der Waals surface area contributed by atoms with Crippen LogP contribution in [-0.2, 0) is 18.6 Å². The fourth-order valence-corrected chi connectivity index (χ4v) is 2.61. The molecule has 8 heteroatoms. The molecule has 0 fully saturated rings. The van der Waals surface area contributed by atoms with Crippen molar-refractivity contribution in [2.45, 2.75) is 64.4 Å². The van der Waals surface area contributed by atoms with E-state index in [1.165, 1.54) is 57.1 Å². The molecule has 7 nitrogen and oxygen atoms in total. The van der Waals surface area contributed by atoms with Crippen LogP contribution in [0.4, 0.5) is 0 Å². The first-order chi connectivity index (χ1) is 13.8. The number of unbranched alkanes of at least 4 members (excludes halogenated alkanes) is 7. The van der Waals surface area contributed by atoms with Gasteiger partial charge in [-0.2, -0.15) is 0 Å². The molecule has 0 saturated heterocycles. The summed E-state index contributed by atoms with van der Waals surface area (Å²) >= 11 is 0. The number of carbonyl (C=O) groups excluding carboxylic acids is 1. The van der Waals surface area contributed by atoms with Gasteiger partial charge < -0.3 is 19.6 Å². The molecule has 0 heterocycles. The van der Waals surface area contributed by atoms with Gasteiger partial charge in [0.1, 0.15) is 12.7 Å². The number of phosphoric acid groups is 1. The SMILES string of the molecule is CCCCCCCCCC=CC=CC=CC=CC(=O)OCC(O)COP(=O)(O)O. The number of hydrogen-bond donors (Lipinski definition) is 3. The monoisotopic (exact) mass is 430 g/mol. The fourth-order valence-electron chi connectivity index (χ4n) is 2.24. The average molecular weight is 430 g/mol. The van der Waals surface area contributed by atoms with E-state index in [2.05, 4.69) is 17.5 Å². The molecule has 3 N–H and O–H groups in total. The van der Waals surface area contributed by atoms with Crippen molar-refractivity contribution in [3.63, 3.8) is 0 Å². The third-order valence-electron chi connectivity index (χ3n) is 3.75. The number of carbonyl (C=O) groups is 1. The van der Waals surface area contributed by atoms with Crippen LogP contribution in [0.3, 0.4) is 0 Å². The Hall–Kier alpha value is -1.50. The molecule has 0 radical (unpaired) electrons. The van der Waals surface area contributed by atoms with E-state index in [-0.39, 0.29) is 0 Å². The standard InChI is InChI=1S/C21H35O7P/c1-2-3-4-5-6-7-8-9-10-11-12-13-14-15-16-17-21(23)27-18-20(22)19-28-29(24,25)26/h10-17,20,22H,2-9,18-19H2,1H3,(H2,24,25,26). The molecule has 0 aromatic heterocycles. The van der Waals surface area contributed by atoms with Gasteiger partial charge in [0.2, 0.25) is 0 Å². The highest BCUT2D eigenvalue weighted by Crippen LogP contribution is 2.35. The highest BCUT2D eigenvalue weighted by molar-refractivity contribution is 7.46. The number of allylic oxidation sites excluding steroid dienone is 7. The van der Waals surface area contributed by atoms with Crippen molar-refractivity contribution in [1.82, 2.24) is 0 Å². The van der Waals surface area contributed by atoms with E-state index in [1.807, 2.05) is 18.2 Å². The second kappa shape index (κ2) is 18.5. The molecule has 0 aromatic carbocycles. The first-order valence-electron chi connectivity index (χ1n) is 10.1. The van der Waals surface area contributed by atoms with Gasteiger partial charge in [0.05, 0.1) is 6.61 Å². The Balaban J connectivity index is 3.74. The molecule has 1 atom stereocenters. The lowest BCUT2D eigenvalue weighted by molar-refractivity contribution is -0.141. The van der Waals surface area contributed by atoms with Gasteiger partial charge in [0, 0.05) is 6.08 Å². The number of esters is 1. The van der Waals surface area contributed by atoms with Gasteiger partial charge in [-0.1, -0.05) is 88.0 Å². The van der Waals surface area contributed by atoms with Crippen LogP contribution < -0.4 is 0 Å². The summed E-state index contributed by atoms with van der Waals surface area (Å²) in [4.78, 5) is 28.4. The van der Waals surface area contributed by atoms with Crippen molar-refractivity contribution >= 4 is 13.8 Å². The van der Waals surface area contributed by atoms with Crippen LogP contribution in [0.15, 0.2) is 48.6 Å². The summed E-state index contributed by atoms with van der Waals surface area (Å²) < 4.78 is 19.3. The maximum Gasteiger partial charge on any atom is 0.469 e. The van der Waals surface area contributed by atoms with Gasteiger partial charge in [-0.05, 0) is 12.8 Å². The zero-order valence-corrected chi connectivity index (χ0v) is 18.1. The molecule has 0 bridgehead atoms. The van der Waals surface area contributed by atoms with Crippen LogP contribution in [-0.4, -0.2) is 40.2 Å². The molecule has 1 unspecified atom stereocenters. The number of aliphatic hydroxyl groups excluding tert-OH is 1. The van der Waals surface area contributed by atoms with Crippen molar-refractivity contribution < 1.29 is 33.5 Å². The van der Waals surface area contributed by atoms with E-state index in [0.717, 1.165) is 6.42 Å². The van der Waals surface area contributed by atoms with E-state index >= 15 is 0 Å². The van der Waals surface area contributed by atoms with Crippen molar-refractivity contribution in [3.8, 4) is 0 Å². The smallest absolute Gasteiger partial charge is 0.460 e. The minimum Gasteiger partial charge on any atom is -0.460 e. The normalized spacial score (nSPS) is 13.9. The molecular formula is C21H35O7P. The Bertz CT molecular complexity index is 576. The van der Waals surface area contributed by atoms with E-state index in [1.54, 1.807) is 12.2 Å². The van der Waals surface area contributed by atoms with Gasteiger partial charge in [-0.25, -0.2) is 9.36 Å². The summed E-state index contributed by atoms with van der Waals surface area (Å²) in [6.07, 6.45) is 22.9. The second-order valence-electron chi connectivity index (χ2n) is 6.54. The molecular weight excluding hydrogens is 395 g/mol. The third kappa shape index (κ3) is 22.7. The quantitative estimate of drug-likeness (QED) is 0.103. The Morgan fingerprint density at radius 2 is 1.48 bits per heavy atom. The molecule has 0 aliphatic heterocycles. The minimum absolute atomic E-state index is 0.420. The summed E-state index contributed by atoms with van der Waals surface area (Å²) in [5.74, 6) is -0.677. The maximum atomic E-state index is 11.4. The van der Waals surface area contributed by atoms with Crippen molar-refractivity contribution in [2.75, 3.05) is 13.2 Å². The lowest BCUT2D eigenvalue weighted by atomic mass is 10.1. The second-order valence-corrected chi connectivity index (χ2v) is 7.78. The van der Waals surface area contributed by atoms with Gasteiger partial charge in [0.25, 0.3) is 0 Å². The van der Waals surface area contributed by atoms with E-state index < -0.39 is 33.1 Å². The number of phosphoric ester groups is 1. The van der Waals surface area contributed by atoms with Crippen LogP contribution in [0.1, 0.15) is 58.3 Å². The molecule has 0 amide bonds. The summed E-state index contributed by atoms with van der Waals surface area (Å²) in [5.41, 5.74) is 0. The van der Waals surface area contributed by atoms with Crippen LogP contribution >= 0.6 is 7.82 Å². The lowest BCUT2D eigenvalue weighted by Crippen LogP contribution is -2.22. The molecule has 166 valence electrons. The Kier molecular flexibility index (Phi) is 17.6. The highest BCUT2D eigenvalue weighted by atomic mass is 31.2. The number of ether oxygens (including phenoxy) is 1. The largest absolute Gasteiger partial charge is 0.469 e. The van der Waals surface area contributed by atoms with Crippen molar-refractivity contribution in [3.05, 3.63) is 48.6 Å². The average Bonchev–Trinajstić information content (AvgIpc) is 2.67. The van der Waals surface area contributed by atoms with E-state index in [9.17, 15) is 14.5 Å². The summed E-state index contributed by atoms with van der Waals surface area (Å²) in [6, 6.07) is 0. The molecule has 0 rings (SSSR count). The van der Waals surface area contributed by atoms with Crippen molar-refractivity contribution in [1.29, 1.82) is 0 Å². The highest BCUT2D eigenvalue weighted by Gasteiger charge is 2.17.